The Morgan fingerprint density at radius 1 is 0.878 bits per heavy atom. The van der Waals surface area contributed by atoms with Crippen molar-refractivity contribution in [3.63, 3.8) is 0 Å². The summed E-state index contributed by atoms with van der Waals surface area (Å²) in [6.45, 7) is 9.12. The number of aliphatic hydroxyl groups is 3. The predicted molar refractivity (Wildman–Crippen MR) is 149 cm³/mol. The fraction of sp³-hybridized carbons (Fsp3) is 0.452. The van der Waals surface area contributed by atoms with Gasteiger partial charge in [0.05, 0.1) is 6.10 Å². The standard InChI is InChI=1S/C31H38O10/c1-14(2)6-8-17-12-18(9-11-20(17)32)28-30(41-31-27(38)26(37)24(35)16(5)39-31)25(36)23-22(34)13-21(33)19(29(23)40-28)10-7-15(3)4/h6-7,9,11-13,16,24,26-28,30-35,37-38H,8,10H2,1-5H3/t16-,24-,26+,27+,28+,30-,31-/m0/s1. The van der Waals surface area contributed by atoms with Gasteiger partial charge in [-0.15, -0.1) is 0 Å². The minimum absolute atomic E-state index is 0.0114. The molecule has 41 heavy (non-hydrogen) atoms. The summed E-state index contributed by atoms with van der Waals surface area (Å²) < 4.78 is 17.9. The normalized spacial score (nSPS) is 27.5. The SMILES string of the molecule is CC(C)=CCc1cc([C@H]2Oc3c(CC=C(C)C)c(O)cc(O)c3C(=O)[C@@H]2O[C@@H]2O[C@@H](C)[C@H](O)[C@@H](O)[C@H]2O)ccc1O. The van der Waals surface area contributed by atoms with Crippen LogP contribution in [0, 0.1) is 0 Å². The molecule has 0 aliphatic carbocycles. The Morgan fingerprint density at radius 3 is 2.20 bits per heavy atom. The third kappa shape index (κ3) is 6.27. The maximum atomic E-state index is 14.0. The van der Waals surface area contributed by atoms with Gasteiger partial charge in [0.1, 0.15) is 46.9 Å². The molecule has 0 radical (unpaired) electrons. The lowest BCUT2D eigenvalue weighted by Crippen LogP contribution is -2.59. The van der Waals surface area contributed by atoms with Crippen LogP contribution in [-0.2, 0) is 22.3 Å². The van der Waals surface area contributed by atoms with Crippen LogP contribution in [0.2, 0.25) is 0 Å². The number of phenols is 3. The molecule has 0 spiro atoms. The van der Waals surface area contributed by atoms with Gasteiger partial charge in [-0.2, -0.15) is 0 Å². The van der Waals surface area contributed by atoms with Gasteiger partial charge in [0.25, 0.3) is 0 Å². The number of hydrogen-bond donors (Lipinski definition) is 6. The third-order valence-corrected chi connectivity index (χ3v) is 7.33. The lowest BCUT2D eigenvalue weighted by molar-refractivity contribution is -0.304. The molecule has 10 nitrogen and oxygen atoms in total. The van der Waals surface area contributed by atoms with Gasteiger partial charge in [-0.25, -0.2) is 0 Å². The largest absolute Gasteiger partial charge is 0.508 e. The molecule has 2 aromatic rings. The first-order valence-corrected chi connectivity index (χ1v) is 13.5. The molecular weight excluding hydrogens is 532 g/mol. The van der Waals surface area contributed by atoms with Crippen molar-refractivity contribution in [3.8, 4) is 23.0 Å². The molecule has 0 unspecified atom stereocenters. The van der Waals surface area contributed by atoms with E-state index in [1.165, 1.54) is 13.0 Å². The van der Waals surface area contributed by atoms with Crippen molar-refractivity contribution < 1.29 is 49.6 Å². The summed E-state index contributed by atoms with van der Waals surface area (Å²) in [5.41, 5.74) is 3.10. The Morgan fingerprint density at radius 2 is 1.54 bits per heavy atom. The zero-order valence-electron chi connectivity index (χ0n) is 23.7. The van der Waals surface area contributed by atoms with Crippen LogP contribution in [0.4, 0.5) is 0 Å². The van der Waals surface area contributed by atoms with E-state index in [1.54, 1.807) is 12.1 Å². The van der Waals surface area contributed by atoms with Crippen LogP contribution in [0.15, 0.2) is 47.6 Å². The van der Waals surface area contributed by atoms with E-state index in [1.807, 2.05) is 39.8 Å². The number of ketones is 1. The van der Waals surface area contributed by atoms with Gasteiger partial charge in [-0.3, -0.25) is 4.79 Å². The zero-order valence-corrected chi connectivity index (χ0v) is 23.7. The summed E-state index contributed by atoms with van der Waals surface area (Å²) >= 11 is 0. The number of benzene rings is 2. The van der Waals surface area contributed by atoms with Crippen LogP contribution >= 0.6 is 0 Å². The summed E-state index contributed by atoms with van der Waals surface area (Å²) in [6.07, 6.45) is -5.35. The van der Waals surface area contributed by atoms with E-state index in [0.29, 0.717) is 23.1 Å². The molecule has 2 heterocycles. The fourth-order valence-corrected chi connectivity index (χ4v) is 4.92. The number of hydrogen-bond acceptors (Lipinski definition) is 10. The molecule has 6 N–H and O–H groups in total. The Balaban J connectivity index is 1.84. The highest BCUT2D eigenvalue weighted by Crippen LogP contribution is 2.47. The molecule has 2 aromatic carbocycles. The molecule has 4 rings (SSSR count). The van der Waals surface area contributed by atoms with E-state index in [0.717, 1.165) is 17.2 Å². The second-order valence-corrected chi connectivity index (χ2v) is 11.1. The highest BCUT2D eigenvalue weighted by molar-refractivity contribution is 6.06. The van der Waals surface area contributed by atoms with Crippen molar-refractivity contribution in [2.45, 2.75) is 90.4 Å². The fourth-order valence-electron chi connectivity index (χ4n) is 4.92. The van der Waals surface area contributed by atoms with E-state index < -0.39 is 54.4 Å². The van der Waals surface area contributed by atoms with Crippen LogP contribution in [0.5, 0.6) is 23.0 Å². The lowest BCUT2D eigenvalue weighted by atomic mass is 9.89. The summed E-state index contributed by atoms with van der Waals surface area (Å²) in [4.78, 5) is 14.0. The van der Waals surface area contributed by atoms with Gasteiger partial charge in [0.15, 0.2) is 18.5 Å². The number of ether oxygens (including phenoxy) is 3. The lowest BCUT2D eigenvalue weighted by Gasteiger charge is -2.42. The number of carbonyl (C=O) groups excluding carboxylic acids is 1. The van der Waals surface area contributed by atoms with Gasteiger partial charge >= 0.3 is 0 Å². The van der Waals surface area contributed by atoms with Crippen molar-refractivity contribution in [1.82, 2.24) is 0 Å². The Bertz CT molecular complexity index is 1360. The van der Waals surface area contributed by atoms with Crippen molar-refractivity contribution in [3.05, 3.63) is 69.8 Å². The Hall–Kier alpha value is -3.41. The van der Waals surface area contributed by atoms with Gasteiger partial charge in [-0.05, 0) is 70.7 Å². The predicted octanol–water partition coefficient (Wildman–Crippen LogP) is 3.35. The topological polar surface area (TPSA) is 166 Å². The third-order valence-electron chi connectivity index (χ3n) is 7.33. The molecule has 2 aliphatic rings. The molecule has 0 bridgehead atoms. The molecule has 0 amide bonds. The summed E-state index contributed by atoms with van der Waals surface area (Å²) in [6, 6.07) is 5.78. The van der Waals surface area contributed by atoms with Crippen LogP contribution in [-0.4, -0.2) is 73.2 Å². The monoisotopic (exact) mass is 570 g/mol. The summed E-state index contributed by atoms with van der Waals surface area (Å²) in [5, 5.41) is 63.0. The highest BCUT2D eigenvalue weighted by Gasteiger charge is 2.48. The highest BCUT2D eigenvalue weighted by atomic mass is 16.7. The molecular formula is C31H38O10. The molecule has 1 saturated heterocycles. The first kappa shape index (κ1) is 30.5. The summed E-state index contributed by atoms with van der Waals surface area (Å²) in [5.74, 6) is -1.43. The van der Waals surface area contributed by atoms with E-state index in [2.05, 4.69) is 0 Å². The smallest absolute Gasteiger partial charge is 0.203 e. The number of allylic oxidation sites excluding steroid dienone is 4. The first-order chi connectivity index (χ1) is 19.3. The van der Waals surface area contributed by atoms with E-state index >= 15 is 0 Å². The van der Waals surface area contributed by atoms with Gasteiger partial charge in [0, 0.05) is 11.6 Å². The number of aromatic hydroxyl groups is 3. The van der Waals surface area contributed by atoms with Crippen molar-refractivity contribution in [1.29, 1.82) is 0 Å². The van der Waals surface area contributed by atoms with Gasteiger partial charge in [-0.1, -0.05) is 29.4 Å². The van der Waals surface area contributed by atoms with Gasteiger partial charge in [0.2, 0.25) is 5.78 Å². The number of rotatable bonds is 7. The molecule has 0 aromatic heterocycles. The maximum absolute atomic E-state index is 14.0. The van der Waals surface area contributed by atoms with Crippen molar-refractivity contribution in [2.24, 2.45) is 0 Å². The zero-order chi connectivity index (χ0) is 30.2. The Labute approximate surface area is 238 Å². The molecule has 222 valence electrons. The molecule has 1 fully saturated rings. The Kier molecular flexibility index (Phi) is 9.10. The molecule has 10 heteroatoms. The maximum Gasteiger partial charge on any atom is 0.203 e. The van der Waals surface area contributed by atoms with Crippen LogP contribution in [0.25, 0.3) is 0 Å². The number of phenolic OH excluding ortho intramolecular Hbond substituents is 3. The summed E-state index contributed by atoms with van der Waals surface area (Å²) in [7, 11) is 0. The number of aliphatic hydroxyl groups excluding tert-OH is 3. The quantitative estimate of drug-likeness (QED) is 0.272. The average molecular weight is 571 g/mol. The van der Waals surface area contributed by atoms with Crippen LogP contribution < -0.4 is 4.74 Å². The van der Waals surface area contributed by atoms with E-state index in [-0.39, 0.29) is 29.2 Å². The molecule has 7 atom stereocenters. The van der Waals surface area contributed by atoms with Crippen LogP contribution in [0.3, 0.4) is 0 Å². The van der Waals surface area contributed by atoms with Gasteiger partial charge < -0.3 is 44.8 Å². The van der Waals surface area contributed by atoms with Crippen LogP contribution in [0.1, 0.15) is 67.8 Å². The van der Waals surface area contributed by atoms with Crippen molar-refractivity contribution in [2.75, 3.05) is 0 Å². The minimum Gasteiger partial charge on any atom is -0.508 e. The van der Waals surface area contributed by atoms with Crippen molar-refractivity contribution >= 4 is 5.78 Å². The molecule has 2 aliphatic heterocycles. The first-order valence-electron chi connectivity index (χ1n) is 13.5. The molecule has 0 saturated carbocycles. The number of carbonyl (C=O) groups is 1. The second-order valence-electron chi connectivity index (χ2n) is 11.1. The second kappa shape index (κ2) is 12.2. The number of Topliss-reactive ketones (excluding diaryl/α,β-unsaturated/α-hetero) is 1. The number of fused-ring (bicyclic) bond motifs is 1. The average Bonchev–Trinajstić information content (AvgIpc) is 2.90. The van der Waals surface area contributed by atoms with E-state index in [9.17, 15) is 35.4 Å². The minimum atomic E-state index is -1.69. The van der Waals surface area contributed by atoms with E-state index in [4.69, 9.17) is 14.2 Å².